The van der Waals surface area contributed by atoms with Gasteiger partial charge in [0, 0.05) is 18.7 Å². The first-order valence-corrected chi connectivity index (χ1v) is 10.3. The molecular formula is C20H24N2O3S. The molecular weight excluding hydrogens is 348 g/mol. The maximum Gasteiger partial charge on any atom is 0.262 e. The van der Waals surface area contributed by atoms with E-state index >= 15 is 0 Å². The van der Waals surface area contributed by atoms with E-state index in [-0.39, 0.29) is 10.8 Å². The van der Waals surface area contributed by atoms with Gasteiger partial charge in [0.25, 0.3) is 10.0 Å². The van der Waals surface area contributed by atoms with E-state index in [4.69, 9.17) is 0 Å². The SMILES string of the molecule is CCC(=O)N1CCCc2ccc(NS(=O)(=O)c3ccc(C)cc3C)cc21. The molecule has 0 aromatic heterocycles. The van der Waals surface area contributed by atoms with Crippen LogP contribution in [0.15, 0.2) is 41.3 Å². The number of benzene rings is 2. The van der Waals surface area contributed by atoms with Crippen molar-refractivity contribution in [3.8, 4) is 0 Å². The van der Waals surface area contributed by atoms with Crippen molar-refractivity contribution in [2.75, 3.05) is 16.2 Å². The quantitative estimate of drug-likeness (QED) is 0.888. The van der Waals surface area contributed by atoms with Crippen molar-refractivity contribution in [3.63, 3.8) is 0 Å². The molecule has 3 rings (SSSR count). The average Bonchev–Trinajstić information content (AvgIpc) is 2.59. The summed E-state index contributed by atoms with van der Waals surface area (Å²) in [6.07, 6.45) is 2.25. The molecule has 0 aliphatic carbocycles. The van der Waals surface area contributed by atoms with Crippen LogP contribution in [0.4, 0.5) is 11.4 Å². The van der Waals surface area contributed by atoms with Crippen LogP contribution in [0.1, 0.15) is 36.5 Å². The van der Waals surface area contributed by atoms with Crippen LogP contribution in [0.2, 0.25) is 0 Å². The van der Waals surface area contributed by atoms with Gasteiger partial charge in [-0.2, -0.15) is 0 Å². The molecule has 0 fully saturated rings. The van der Waals surface area contributed by atoms with E-state index in [2.05, 4.69) is 4.72 Å². The van der Waals surface area contributed by atoms with Gasteiger partial charge in [-0.15, -0.1) is 0 Å². The lowest BCUT2D eigenvalue weighted by Gasteiger charge is -2.30. The second kappa shape index (κ2) is 7.11. The number of rotatable bonds is 4. The van der Waals surface area contributed by atoms with Crippen LogP contribution in [0, 0.1) is 13.8 Å². The number of carbonyl (C=O) groups excluding carboxylic acids is 1. The van der Waals surface area contributed by atoms with E-state index in [1.165, 1.54) is 0 Å². The summed E-state index contributed by atoms with van der Waals surface area (Å²) in [5, 5.41) is 0. The molecule has 1 heterocycles. The van der Waals surface area contributed by atoms with Crippen LogP contribution < -0.4 is 9.62 Å². The third-order valence-corrected chi connectivity index (χ3v) is 6.22. The number of anilines is 2. The first-order valence-electron chi connectivity index (χ1n) is 8.85. The first-order chi connectivity index (χ1) is 12.3. The fraction of sp³-hybridized carbons (Fsp3) is 0.350. The summed E-state index contributed by atoms with van der Waals surface area (Å²) in [5.74, 6) is 0.0559. The van der Waals surface area contributed by atoms with Crippen molar-refractivity contribution in [1.29, 1.82) is 0 Å². The van der Waals surface area contributed by atoms with E-state index < -0.39 is 10.0 Å². The van der Waals surface area contributed by atoms with Gasteiger partial charge in [0.15, 0.2) is 0 Å². The number of nitrogens with one attached hydrogen (secondary N) is 1. The van der Waals surface area contributed by atoms with Crippen LogP contribution in [0.5, 0.6) is 0 Å². The average molecular weight is 372 g/mol. The highest BCUT2D eigenvalue weighted by atomic mass is 32.2. The molecule has 1 amide bonds. The Morgan fingerprint density at radius 2 is 1.92 bits per heavy atom. The number of sulfonamides is 1. The van der Waals surface area contributed by atoms with E-state index in [9.17, 15) is 13.2 Å². The van der Waals surface area contributed by atoms with Crippen molar-refractivity contribution < 1.29 is 13.2 Å². The summed E-state index contributed by atoms with van der Waals surface area (Å²) >= 11 is 0. The second-order valence-electron chi connectivity index (χ2n) is 6.72. The summed E-state index contributed by atoms with van der Waals surface area (Å²) in [6.45, 7) is 6.23. The maximum atomic E-state index is 12.8. The minimum absolute atomic E-state index is 0.0559. The van der Waals surface area contributed by atoms with E-state index in [1.54, 1.807) is 36.1 Å². The molecule has 1 aliphatic rings. The summed E-state index contributed by atoms with van der Waals surface area (Å²) in [5.41, 5.74) is 4.08. The number of hydrogen-bond acceptors (Lipinski definition) is 3. The zero-order chi connectivity index (χ0) is 18.9. The van der Waals surface area contributed by atoms with Crippen LogP contribution in [-0.4, -0.2) is 20.9 Å². The third-order valence-electron chi connectivity index (χ3n) is 4.68. The van der Waals surface area contributed by atoms with Gasteiger partial charge in [0.1, 0.15) is 0 Å². The number of hydrogen-bond donors (Lipinski definition) is 1. The largest absolute Gasteiger partial charge is 0.312 e. The molecule has 1 N–H and O–H groups in total. The van der Waals surface area contributed by atoms with Crippen molar-refractivity contribution in [2.24, 2.45) is 0 Å². The molecule has 0 saturated heterocycles. The molecule has 0 saturated carbocycles. The molecule has 0 radical (unpaired) electrons. The molecule has 2 aromatic carbocycles. The standard InChI is InChI=1S/C20H24N2O3S/c1-4-20(23)22-11-5-6-16-8-9-17(13-18(16)22)21-26(24,25)19-10-7-14(2)12-15(19)3/h7-10,12-13,21H,4-6,11H2,1-3H3. The maximum absolute atomic E-state index is 12.8. The number of nitrogens with zero attached hydrogens (tertiary/aromatic N) is 1. The Labute approximate surface area is 155 Å². The van der Waals surface area contributed by atoms with Crippen LogP contribution in [-0.2, 0) is 21.2 Å². The Morgan fingerprint density at radius 3 is 2.62 bits per heavy atom. The van der Waals surface area contributed by atoms with Crippen molar-refractivity contribution in [2.45, 2.75) is 44.9 Å². The fourth-order valence-electron chi connectivity index (χ4n) is 3.40. The minimum Gasteiger partial charge on any atom is -0.312 e. The Bertz CT molecular complexity index is 952. The summed E-state index contributed by atoms with van der Waals surface area (Å²) in [7, 11) is -3.68. The number of fused-ring (bicyclic) bond motifs is 1. The normalized spacial score (nSPS) is 14.0. The molecule has 0 unspecified atom stereocenters. The Balaban J connectivity index is 1.94. The van der Waals surface area contributed by atoms with Crippen LogP contribution in [0.3, 0.4) is 0 Å². The summed E-state index contributed by atoms with van der Waals surface area (Å²) in [6, 6.07) is 10.7. The van der Waals surface area contributed by atoms with Gasteiger partial charge < -0.3 is 4.90 Å². The van der Waals surface area contributed by atoms with Crippen molar-refractivity contribution >= 4 is 27.3 Å². The van der Waals surface area contributed by atoms with Crippen LogP contribution in [0.25, 0.3) is 0 Å². The lowest BCUT2D eigenvalue weighted by molar-refractivity contribution is -0.118. The molecule has 6 heteroatoms. The highest BCUT2D eigenvalue weighted by molar-refractivity contribution is 7.92. The molecule has 138 valence electrons. The topological polar surface area (TPSA) is 66.5 Å². The number of amides is 1. The lowest BCUT2D eigenvalue weighted by Crippen LogP contribution is -2.35. The van der Waals surface area contributed by atoms with Gasteiger partial charge in [-0.25, -0.2) is 8.42 Å². The Hall–Kier alpha value is -2.34. The van der Waals surface area contributed by atoms with Gasteiger partial charge in [0.2, 0.25) is 5.91 Å². The molecule has 2 aromatic rings. The number of carbonyl (C=O) groups is 1. The minimum atomic E-state index is -3.68. The molecule has 1 aliphatic heterocycles. The lowest BCUT2D eigenvalue weighted by atomic mass is 10.0. The number of aryl methyl sites for hydroxylation is 3. The van der Waals surface area contributed by atoms with Gasteiger partial charge in [-0.1, -0.05) is 30.7 Å². The zero-order valence-electron chi connectivity index (χ0n) is 15.4. The predicted molar refractivity (Wildman–Crippen MR) is 104 cm³/mol. The van der Waals surface area contributed by atoms with Crippen molar-refractivity contribution in [3.05, 3.63) is 53.1 Å². The smallest absolute Gasteiger partial charge is 0.262 e. The van der Waals surface area contributed by atoms with E-state index in [1.807, 2.05) is 26.0 Å². The molecule has 0 atom stereocenters. The van der Waals surface area contributed by atoms with Crippen molar-refractivity contribution in [1.82, 2.24) is 0 Å². The third kappa shape index (κ3) is 3.60. The molecule has 0 spiro atoms. The molecule has 0 bridgehead atoms. The zero-order valence-corrected chi connectivity index (χ0v) is 16.2. The summed E-state index contributed by atoms with van der Waals surface area (Å²) < 4.78 is 28.2. The summed E-state index contributed by atoms with van der Waals surface area (Å²) in [4.78, 5) is 14.2. The van der Waals surface area contributed by atoms with Gasteiger partial charge in [0.05, 0.1) is 10.6 Å². The van der Waals surface area contributed by atoms with Gasteiger partial charge in [-0.3, -0.25) is 9.52 Å². The predicted octanol–water partition coefficient (Wildman–Crippen LogP) is 3.79. The highest BCUT2D eigenvalue weighted by Gasteiger charge is 2.23. The first kappa shape index (κ1) is 18.5. The molecule has 26 heavy (non-hydrogen) atoms. The second-order valence-corrected chi connectivity index (χ2v) is 8.37. The Morgan fingerprint density at radius 1 is 1.15 bits per heavy atom. The molecule has 5 nitrogen and oxygen atoms in total. The van der Waals surface area contributed by atoms with E-state index in [0.717, 1.165) is 29.7 Å². The fourth-order valence-corrected chi connectivity index (χ4v) is 4.68. The van der Waals surface area contributed by atoms with Gasteiger partial charge >= 0.3 is 0 Å². The van der Waals surface area contributed by atoms with E-state index in [0.29, 0.717) is 24.2 Å². The highest BCUT2D eigenvalue weighted by Crippen LogP contribution is 2.31. The van der Waals surface area contributed by atoms with Gasteiger partial charge in [-0.05, 0) is 56.0 Å². The monoisotopic (exact) mass is 372 g/mol. The Kier molecular flexibility index (Phi) is 5.05. The van der Waals surface area contributed by atoms with Crippen LogP contribution >= 0.6 is 0 Å².